The third kappa shape index (κ3) is 12.0. The van der Waals surface area contributed by atoms with Crippen molar-refractivity contribution in [3.05, 3.63) is 88.5 Å². The lowest BCUT2D eigenvalue weighted by atomic mass is 9.94. The number of rotatable bonds is 21. The lowest BCUT2D eigenvalue weighted by molar-refractivity contribution is -0.270. The minimum atomic E-state index is -0.635. The van der Waals surface area contributed by atoms with Crippen LogP contribution in [0.25, 0.3) is 0 Å². The molecule has 3 rings (SSSR count). The molecule has 5 atom stereocenters. The van der Waals surface area contributed by atoms with E-state index in [1.54, 1.807) is 0 Å². The average Bonchev–Trinajstić information content (AvgIpc) is 3.03. The van der Waals surface area contributed by atoms with Crippen molar-refractivity contribution in [2.45, 2.75) is 78.9 Å². The van der Waals surface area contributed by atoms with Crippen LogP contribution in [-0.2, 0) is 16.4 Å². The topological polar surface area (TPSA) is 66.4 Å². The van der Waals surface area contributed by atoms with Crippen molar-refractivity contribution in [1.29, 1.82) is 0 Å². The molecule has 0 amide bonds. The summed E-state index contributed by atoms with van der Waals surface area (Å²) in [4.78, 5) is 16.2. The van der Waals surface area contributed by atoms with Crippen molar-refractivity contribution >= 4 is 18.5 Å². The van der Waals surface area contributed by atoms with Crippen LogP contribution in [0.5, 0.6) is 17.2 Å². The third-order valence-corrected chi connectivity index (χ3v) is 9.03. The molecule has 0 aliphatic rings. The molecule has 0 fully saturated rings. The number of hydrogen-bond acceptors (Lipinski definition) is 6. The molecule has 3 aromatic carbocycles. The van der Waals surface area contributed by atoms with E-state index >= 15 is 0 Å². The molecule has 0 aliphatic carbocycles. The third-order valence-electron chi connectivity index (χ3n) is 8.21. The van der Waals surface area contributed by atoms with Gasteiger partial charge >= 0.3 is 0 Å². The van der Waals surface area contributed by atoms with E-state index in [4.69, 9.17) is 24.1 Å². The van der Waals surface area contributed by atoms with Crippen LogP contribution in [-0.4, -0.2) is 30.8 Å². The standard InChI is InChI=1S/C36H52O6P2/c1-26(7-5-23-43)19-21-38-32-13-9-30(10-14-32)25-40-42-35-18-17-34(28(3)29(35)4)36(41-37)31-11-15-33(16-12-31)39-22-20-27(2)8-6-24-44/h9-18,26-27,36-37H,5-8,19-25,43-44H2,1-4H3. The molecule has 8 heteroatoms. The zero-order valence-corrected chi connectivity index (χ0v) is 29.2. The molecule has 44 heavy (non-hydrogen) atoms. The molecule has 0 aromatic heterocycles. The molecule has 3 aromatic rings. The summed E-state index contributed by atoms with van der Waals surface area (Å²) in [5.41, 5.74) is 4.54. The second-order valence-corrected chi connectivity index (χ2v) is 12.9. The normalized spacial score (nSPS) is 13.3. The molecule has 0 radical (unpaired) electrons. The van der Waals surface area contributed by atoms with Crippen LogP contribution in [0.1, 0.15) is 86.3 Å². The fourth-order valence-corrected chi connectivity index (χ4v) is 5.52. The van der Waals surface area contributed by atoms with Gasteiger partial charge in [0.1, 0.15) is 24.2 Å². The highest BCUT2D eigenvalue weighted by molar-refractivity contribution is 7.16. The summed E-state index contributed by atoms with van der Waals surface area (Å²) in [6.45, 7) is 10.2. The van der Waals surface area contributed by atoms with Gasteiger partial charge in [0.05, 0.1) is 13.2 Å². The van der Waals surface area contributed by atoms with Crippen LogP contribution in [0.2, 0.25) is 0 Å². The summed E-state index contributed by atoms with van der Waals surface area (Å²) in [7, 11) is 5.58. The summed E-state index contributed by atoms with van der Waals surface area (Å²) < 4.78 is 11.9. The summed E-state index contributed by atoms with van der Waals surface area (Å²) in [5, 5.41) is 9.85. The number of hydrogen-bond donors (Lipinski definition) is 1. The molecule has 0 saturated heterocycles. The zero-order valence-electron chi connectivity index (χ0n) is 26.9. The second kappa shape index (κ2) is 20.0. The molecule has 242 valence electrons. The predicted octanol–water partition coefficient (Wildman–Crippen LogP) is 9.51. The van der Waals surface area contributed by atoms with Crippen LogP contribution in [0.3, 0.4) is 0 Å². The van der Waals surface area contributed by atoms with E-state index in [1.807, 2.05) is 74.5 Å². The quantitative estimate of drug-likeness (QED) is 0.0709. The van der Waals surface area contributed by atoms with Crippen LogP contribution < -0.4 is 14.4 Å². The highest BCUT2D eigenvalue weighted by atomic mass is 31.0. The molecular weight excluding hydrogens is 590 g/mol. The summed E-state index contributed by atoms with van der Waals surface area (Å²) >= 11 is 0. The fourth-order valence-electron chi connectivity index (χ4n) is 5.05. The first-order valence-corrected chi connectivity index (χ1v) is 17.5. The summed E-state index contributed by atoms with van der Waals surface area (Å²) in [6, 6.07) is 19.4. The minimum Gasteiger partial charge on any atom is -0.494 e. The molecule has 5 unspecified atom stereocenters. The SMILES string of the molecule is Cc1c(OOCc2ccc(OCCC(C)CCCP)cc2)ccc(C(OO)c2ccc(OCCC(C)CCCP)cc2)c1C. The Morgan fingerprint density at radius 1 is 0.682 bits per heavy atom. The van der Waals surface area contributed by atoms with Gasteiger partial charge in [0.25, 0.3) is 0 Å². The molecule has 0 saturated carbocycles. The smallest absolute Gasteiger partial charge is 0.168 e. The van der Waals surface area contributed by atoms with Crippen molar-refractivity contribution in [3.63, 3.8) is 0 Å². The van der Waals surface area contributed by atoms with E-state index in [1.165, 1.54) is 25.7 Å². The van der Waals surface area contributed by atoms with Crippen molar-refractivity contribution in [2.75, 3.05) is 25.5 Å². The van der Waals surface area contributed by atoms with Crippen LogP contribution in [0.4, 0.5) is 0 Å². The lowest BCUT2D eigenvalue weighted by Gasteiger charge is -2.20. The first-order valence-electron chi connectivity index (χ1n) is 15.9. The fraction of sp³-hybridized carbons (Fsp3) is 0.500. The largest absolute Gasteiger partial charge is 0.494 e. The zero-order chi connectivity index (χ0) is 31.7. The Morgan fingerprint density at radius 2 is 1.23 bits per heavy atom. The number of benzene rings is 3. The Labute approximate surface area is 269 Å². The van der Waals surface area contributed by atoms with E-state index < -0.39 is 6.10 Å². The van der Waals surface area contributed by atoms with E-state index in [0.717, 1.165) is 71.1 Å². The van der Waals surface area contributed by atoms with Crippen molar-refractivity contribution in [1.82, 2.24) is 0 Å². The summed E-state index contributed by atoms with van der Waals surface area (Å²) in [5.74, 6) is 3.62. The van der Waals surface area contributed by atoms with Crippen molar-refractivity contribution in [2.24, 2.45) is 11.8 Å². The van der Waals surface area contributed by atoms with E-state index in [9.17, 15) is 5.26 Å². The number of ether oxygens (including phenoxy) is 2. The maximum atomic E-state index is 9.85. The predicted molar refractivity (Wildman–Crippen MR) is 186 cm³/mol. The first-order chi connectivity index (χ1) is 21.4. The van der Waals surface area contributed by atoms with Crippen LogP contribution in [0.15, 0.2) is 60.7 Å². The molecule has 0 bridgehead atoms. The van der Waals surface area contributed by atoms with Crippen molar-refractivity contribution in [3.8, 4) is 17.2 Å². The highest BCUT2D eigenvalue weighted by Gasteiger charge is 2.20. The minimum absolute atomic E-state index is 0.306. The van der Waals surface area contributed by atoms with Gasteiger partial charge in [-0.05, 0) is 122 Å². The molecule has 6 nitrogen and oxygen atoms in total. The van der Waals surface area contributed by atoms with Gasteiger partial charge in [-0.2, -0.15) is 4.89 Å². The van der Waals surface area contributed by atoms with Gasteiger partial charge in [-0.25, -0.2) is 4.89 Å². The first kappa shape index (κ1) is 36.3. The van der Waals surface area contributed by atoms with E-state index in [0.29, 0.717) is 30.8 Å². The molecule has 0 heterocycles. The maximum absolute atomic E-state index is 9.85. The average molecular weight is 643 g/mol. The Kier molecular flexibility index (Phi) is 16.5. The Bertz CT molecular complexity index is 1220. The monoisotopic (exact) mass is 642 g/mol. The van der Waals surface area contributed by atoms with E-state index in [-0.39, 0.29) is 0 Å². The van der Waals surface area contributed by atoms with Crippen LogP contribution in [0, 0.1) is 25.7 Å². The van der Waals surface area contributed by atoms with Crippen LogP contribution >= 0.6 is 18.5 Å². The molecule has 0 spiro atoms. The Morgan fingerprint density at radius 3 is 1.75 bits per heavy atom. The van der Waals surface area contributed by atoms with E-state index in [2.05, 4.69) is 32.3 Å². The van der Waals surface area contributed by atoms with Gasteiger partial charge in [-0.3, -0.25) is 5.26 Å². The highest BCUT2D eigenvalue weighted by Crippen LogP contribution is 2.34. The van der Waals surface area contributed by atoms with Crippen molar-refractivity contribution < 1.29 is 29.4 Å². The summed E-state index contributed by atoms with van der Waals surface area (Å²) in [6.07, 6.45) is 8.69. The Balaban J connectivity index is 1.50. The molecular formula is C36H52O6P2. The molecule has 1 N–H and O–H groups in total. The van der Waals surface area contributed by atoms with Gasteiger partial charge in [-0.1, -0.05) is 57.0 Å². The van der Waals surface area contributed by atoms with Gasteiger partial charge < -0.3 is 14.4 Å². The molecule has 0 aliphatic heterocycles. The van der Waals surface area contributed by atoms with Gasteiger partial charge in [0, 0.05) is 0 Å². The maximum Gasteiger partial charge on any atom is 0.168 e. The van der Waals surface area contributed by atoms with Gasteiger partial charge in [-0.15, -0.1) is 18.5 Å². The Hall–Kier alpha value is -2.20. The second-order valence-electron chi connectivity index (χ2n) is 11.8. The lowest BCUT2D eigenvalue weighted by Crippen LogP contribution is -2.08. The van der Waals surface area contributed by atoms with Gasteiger partial charge in [0.2, 0.25) is 0 Å². The van der Waals surface area contributed by atoms with Gasteiger partial charge in [0.15, 0.2) is 5.75 Å².